The average Bonchev–Trinajstić information content (AvgIpc) is 3.19. The molecule has 1 fully saturated rings. The molecule has 31 heavy (non-hydrogen) atoms. The fourth-order valence-corrected chi connectivity index (χ4v) is 3.62. The largest absolute Gasteiger partial charge is 0.370 e. The van der Waals surface area contributed by atoms with Crippen LogP contribution in [0.1, 0.15) is 35.4 Å². The summed E-state index contributed by atoms with van der Waals surface area (Å²) in [4.78, 5) is 28.6. The molecule has 10 heteroatoms. The first-order valence-corrected chi connectivity index (χ1v) is 10.5. The summed E-state index contributed by atoms with van der Waals surface area (Å²) in [5.41, 5.74) is 14.0. The van der Waals surface area contributed by atoms with Gasteiger partial charge in [-0.3, -0.25) is 14.8 Å². The molecule has 2 aromatic rings. The first kappa shape index (κ1) is 21.2. The third kappa shape index (κ3) is 5.35. The average molecular weight is 425 g/mol. The van der Waals surface area contributed by atoms with Crippen LogP contribution in [0.3, 0.4) is 0 Å². The van der Waals surface area contributed by atoms with E-state index in [4.69, 9.17) is 16.2 Å². The minimum Gasteiger partial charge on any atom is -0.370 e. The fourth-order valence-electron chi connectivity index (χ4n) is 3.62. The molecule has 2 aliphatic heterocycles. The lowest BCUT2D eigenvalue weighted by atomic mass is 10.0. The van der Waals surface area contributed by atoms with Crippen molar-refractivity contribution in [2.75, 3.05) is 32.8 Å². The molecule has 0 bridgehead atoms. The quantitative estimate of drug-likeness (QED) is 0.207. The summed E-state index contributed by atoms with van der Waals surface area (Å²) in [5, 5.41) is 7.34. The van der Waals surface area contributed by atoms with Gasteiger partial charge in [-0.2, -0.15) is 4.99 Å². The zero-order valence-corrected chi connectivity index (χ0v) is 17.3. The van der Waals surface area contributed by atoms with Crippen molar-refractivity contribution in [2.24, 2.45) is 26.4 Å². The number of nitrogens with zero attached hydrogens (tertiary/aromatic N) is 3. The van der Waals surface area contributed by atoms with Gasteiger partial charge in [0, 0.05) is 31.9 Å². The number of ether oxygens (including phenoxy) is 1. The smallest absolute Gasteiger partial charge is 0.277 e. The molecule has 10 nitrogen and oxygen atoms in total. The van der Waals surface area contributed by atoms with Gasteiger partial charge in [0.2, 0.25) is 0 Å². The number of rotatable bonds is 8. The Morgan fingerprint density at radius 3 is 2.87 bits per heavy atom. The monoisotopic (exact) mass is 424 g/mol. The number of amides is 1. The van der Waals surface area contributed by atoms with E-state index in [9.17, 15) is 4.79 Å². The van der Waals surface area contributed by atoms with Gasteiger partial charge in [-0.1, -0.05) is 24.3 Å². The molecule has 3 heterocycles. The van der Waals surface area contributed by atoms with Gasteiger partial charge in [0.1, 0.15) is 11.5 Å². The number of hydrogen-bond acceptors (Lipinski definition) is 6. The number of carbonyl (C=O) groups excluding carboxylic acids is 1. The van der Waals surface area contributed by atoms with Crippen molar-refractivity contribution in [1.29, 1.82) is 0 Å². The van der Waals surface area contributed by atoms with Crippen LogP contribution < -0.4 is 32.9 Å². The van der Waals surface area contributed by atoms with Crippen LogP contribution in [0.4, 0.5) is 0 Å². The van der Waals surface area contributed by atoms with Crippen LogP contribution in [0.2, 0.25) is 0 Å². The second kappa shape index (κ2) is 9.82. The molecule has 0 radical (unpaired) electrons. The van der Waals surface area contributed by atoms with Crippen LogP contribution >= 0.6 is 0 Å². The number of nitrogens with one attached hydrogen (secondary N) is 3. The Hall–Kier alpha value is -3.08. The topological polar surface area (TPSA) is 155 Å². The number of hydrogen-bond donors (Lipinski definition) is 5. The van der Waals surface area contributed by atoms with Gasteiger partial charge in [0.15, 0.2) is 17.5 Å². The number of carbonyl (C=O) groups is 1. The second-order valence-corrected chi connectivity index (χ2v) is 7.58. The minimum absolute atomic E-state index is 0.0791. The molecule has 1 amide bonds. The standard InChI is InChI=1S/C21H28N8O2/c22-21(23)26-7-1-6-24-11-13-2-4-14(5-3-13)18-20(30)29-19-16(27-18)10-15(28-19)17-12-25-8-9-31-17/h2-5,10,17-18,24-25H,1,6-9,11-12H2,(H4,22,23,26)(H,28,29,30). The predicted molar refractivity (Wildman–Crippen MR) is 116 cm³/mol. The number of guanidine groups is 1. The number of aliphatic imine (C=N–C) groups is 1. The summed E-state index contributed by atoms with van der Waals surface area (Å²) in [7, 11) is 0. The van der Waals surface area contributed by atoms with Crippen molar-refractivity contribution >= 4 is 11.9 Å². The molecule has 2 aliphatic rings. The Morgan fingerprint density at radius 1 is 1.29 bits per heavy atom. The summed E-state index contributed by atoms with van der Waals surface area (Å²) in [6.07, 6.45) is 0.778. The molecule has 0 spiro atoms. The van der Waals surface area contributed by atoms with E-state index < -0.39 is 6.04 Å². The molecule has 1 saturated heterocycles. The lowest BCUT2D eigenvalue weighted by molar-refractivity contribution is -0.119. The molecule has 1 aromatic carbocycles. The molecular formula is C21H28N8O2. The SMILES string of the molecule is NC(N)=NCCCNCc1ccc(C2N=c3cc(C4CNCCO4)[nH]c3=NC2=O)cc1. The fraction of sp³-hybridized carbons (Fsp3) is 0.429. The van der Waals surface area contributed by atoms with Crippen LogP contribution in [0.5, 0.6) is 0 Å². The molecule has 0 saturated carbocycles. The normalized spacial score (nSPS) is 20.5. The maximum atomic E-state index is 12.6. The van der Waals surface area contributed by atoms with E-state index in [-0.39, 0.29) is 18.0 Å². The van der Waals surface area contributed by atoms with Crippen LogP contribution in [0.15, 0.2) is 45.3 Å². The highest BCUT2D eigenvalue weighted by atomic mass is 16.5. The van der Waals surface area contributed by atoms with E-state index in [0.29, 0.717) is 24.0 Å². The van der Waals surface area contributed by atoms with Crippen molar-refractivity contribution in [3.8, 4) is 0 Å². The van der Waals surface area contributed by atoms with Gasteiger partial charge in [0.05, 0.1) is 6.61 Å². The molecular weight excluding hydrogens is 396 g/mol. The highest BCUT2D eigenvalue weighted by molar-refractivity contribution is 5.84. The Kier molecular flexibility index (Phi) is 6.70. The number of morpholine rings is 1. The Morgan fingerprint density at radius 2 is 2.13 bits per heavy atom. The molecule has 1 aromatic heterocycles. The van der Waals surface area contributed by atoms with Gasteiger partial charge in [-0.15, -0.1) is 0 Å². The van der Waals surface area contributed by atoms with Gasteiger partial charge in [-0.05, 0) is 30.2 Å². The van der Waals surface area contributed by atoms with Gasteiger partial charge in [0.25, 0.3) is 5.91 Å². The maximum absolute atomic E-state index is 12.6. The van der Waals surface area contributed by atoms with E-state index in [2.05, 4.69) is 30.6 Å². The number of H-pyrrole nitrogens is 1. The van der Waals surface area contributed by atoms with E-state index in [1.807, 2.05) is 30.3 Å². The summed E-state index contributed by atoms with van der Waals surface area (Å²) in [6, 6.07) is 9.18. The molecule has 164 valence electrons. The minimum atomic E-state index is -0.622. The van der Waals surface area contributed by atoms with Gasteiger partial charge in [-0.25, -0.2) is 0 Å². The number of benzene rings is 1. The molecule has 2 unspecified atom stereocenters. The lowest BCUT2D eigenvalue weighted by Crippen LogP contribution is -2.34. The van der Waals surface area contributed by atoms with Crippen LogP contribution in [0, 0.1) is 0 Å². The number of aromatic nitrogens is 1. The summed E-state index contributed by atoms with van der Waals surface area (Å²) >= 11 is 0. The van der Waals surface area contributed by atoms with Gasteiger partial charge >= 0.3 is 0 Å². The molecule has 0 aliphatic carbocycles. The van der Waals surface area contributed by atoms with E-state index in [0.717, 1.165) is 49.4 Å². The zero-order valence-electron chi connectivity index (χ0n) is 17.3. The van der Waals surface area contributed by atoms with Crippen LogP contribution in [-0.2, 0) is 16.1 Å². The Bertz CT molecular complexity index is 1050. The van der Waals surface area contributed by atoms with Crippen molar-refractivity contribution in [3.63, 3.8) is 0 Å². The Labute approximate surface area is 179 Å². The maximum Gasteiger partial charge on any atom is 0.277 e. The first-order chi connectivity index (χ1) is 15.1. The van der Waals surface area contributed by atoms with Crippen molar-refractivity contribution < 1.29 is 9.53 Å². The first-order valence-electron chi connectivity index (χ1n) is 10.5. The second-order valence-electron chi connectivity index (χ2n) is 7.58. The van der Waals surface area contributed by atoms with E-state index in [1.165, 1.54) is 0 Å². The van der Waals surface area contributed by atoms with Crippen LogP contribution in [-0.4, -0.2) is 49.6 Å². The summed E-state index contributed by atoms with van der Waals surface area (Å²) in [6.45, 7) is 4.36. The molecule has 2 atom stereocenters. The van der Waals surface area contributed by atoms with Crippen molar-refractivity contribution in [3.05, 3.63) is 58.0 Å². The highest BCUT2D eigenvalue weighted by Gasteiger charge is 2.24. The predicted octanol–water partition coefficient (Wildman–Crippen LogP) is -1.05. The van der Waals surface area contributed by atoms with Crippen molar-refractivity contribution in [2.45, 2.75) is 25.1 Å². The summed E-state index contributed by atoms with van der Waals surface area (Å²) in [5.74, 6) is -0.151. The molecule has 4 rings (SSSR count). The zero-order chi connectivity index (χ0) is 21.6. The van der Waals surface area contributed by atoms with E-state index in [1.54, 1.807) is 0 Å². The Balaban J connectivity index is 1.39. The van der Waals surface area contributed by atoms with E-state index >= 15 is 0 Å². The third-order valence-electron chi connectivity index (χ3n) is 5.23. The number of nitrogens with two attached hydrogens (primary N) is 2. The number of fused-ring (bicyclic) bond motifs is 1. The highest BCUT2D eigenvalue weighted by Crippen LogP contribution is 2.21. The van der Waals surface area contributed by atoms with Crippen LogP contribution in [0.25, 0.3) is 0 Å². The number of aromatic amines is 1. The third-order valence-corrected chi connectivity index (χ3v) is 5.23. The van der Waals surface area contributed by atoms with Crippen molar-refractivity contribution in [1.82, 2.24) is 15.6 Å². The lowest BCUT2D eigenvalue weighted by Gasteiger charge is -2.22. The summed E-state index contributed by atoms with van der Waals surface area (Å²) < 4.78 is 5.77. The van der Waals surface area contributed by atoms with Gasteiger partial charge < -0.3 is 31.8 Å². The molecule has 7 N–H and O–H groups in total.